The van der Waals surface area contributed by atoms with E-state index in [4.69, 9.17) is 5.73 Å². The Balaban J connectivity index is 3.33. The van der Waals surface area contributed by atoms with Gasteiger partial charge in [0.05, 0.1) is 16.3 Å². The Morgan fingerprint density at radius 1 is 1.50 bits per heavy atom. The van der Waals surface area contributed by atoms with Crippen LogP contribution in [-0.2, 0) is 9.84 Å². The molecule has 0 spiro atoms. The van der Waals surface area contributed by atoms with Gasteiger partial charge in [-0.1, -0.05) is 12.1 Å². The normalized spacial score (nSPS) is 11.1. The standard InChI is InChI=1S/C9H11NO3S/c1-2-6-14(12,13)8-5-3-4-7(11)9(8)10/h2-5,11H,1,6,10H2. The van der Waals surface area contributed by atoms with Gasteiger partial charge >= 0.3 is 0 Å². The van der Waals surface area contributed by atoms with Crippen molar-refractivity contribution in [2.24, 2.45) is 0 Å². The van der Waals surface area contributed by atoms with Gasteiger partial charge in [0.2, 0.25) is 0 Å². The van der Waals surface area contributed by atoms with E-state index in [9.17, 15) is 13.5 Å². The number of phenols is 1. The van der Waals surface area contributed by atoms with Crippen LogP contribution in [0.1, 0.15) is 0 Å². The summed E-state index contributed by atoms with van der Waals surface area (Å²) in [4.78, 5) is -0.0580. The second kappa shape index (κ2) is 3.71. The maximum atomic E-state index is 11.5. The van der Waals surface area contributed by atoms with E-state index >= 15 is 0 Å². The van der Waals surface area contributed by atoms with E-state index in [1.807, 2.05) is 0 Å². The number of aromatic hydroxyl groups is 1. The first-order valence-electron chi connectivity index (χ1n) is 3.90. The Labute approximate surface area is 82.6 Å². The van der Waals surface area contributed by atoms with Gasteiger partial charge in [0.15, 0.2) is 9.84 Å². The summed E-state index contributed by atoms with van der Waals surface area (Å²) in [6.07, 6.45) is 1.28. The van der Waals surface area contributed by atoms with Crippen LogP contribution in [0.5, 0.6) is 5.75 Å². The molecule has 76 valence electrons. The van der Waals surface area contributed by atoms with E-state index in [2.05, 4.69) is 6.58 Å². The second-order valence-electron chi connectivity index (χ2n) is 2.76. The highest BCUT2D eigenvalue weighted by Gasteiger charge is 2.17. The highest BCUT2D eigenvalue weighted by atomic mass is 32.2. The van der Waals surface area contributed by atoms with Crippen molar-refractivity contribution in [1.82, 2.24) is 0 Å². The molecule has 0 atom stereocenters. The molecule has 0 aromatic heterocycles. The van der Waals surface area contributed by atoms with E-state index in [-0.39, 0.29) is 22.1 Å². The summed E-state index contributed by atoms with van der Waals surface area (Å²) in [6.45, 7) is 3.34. The summed E-state index contributed by atoms with van der Waals surface area (Å²) in [5.74, 6) is -0.421. The molecule has 1 rings (SSSR count). The largest absolute Gasteiger partial charge is 0.506 e. The van der Waals surface area contributed by atoms with Crippen molar-refractivity contribution in [2.45, 2.75) is 4.90 Å². The van der Waals surface area contributed by atoms with Crippen molar-refractivity contribution in [1.29, 1.82) is 0 Å². The zero-order chi connectivity index (χ0) is 10.8. The van der Waals surface area contributed by atoms with Crippen LogP contribution in [0.2, 0.25) is 0 Å². The maximum Gasteiger partial charge on any atom is 0.184 e. The first-order valence-corrected chi connectivity index (χ1v) is 5.55. The van der Waals surface area contributed by atoms with Gasteiger partial charge in [-0.2, -0.15) is 0 Å². The van der Waals surface area contributed by atoms with Crippen LogP contribution < -0.4 is 5.73 Å². The fraction of sp³-hybridized carbons (Fsp3) is 0.111. The lowest BCUT2D eigenvalue weighted by molar-refractivity contribution is 0.476. The molecule has 0 radical (unpaired) electrons. The molecule has 0 heterocycles. The van der Waals surface area contributed by atoms with Crippen molar-refractivity contribution in [3.05, 3.63) is 30.9 Å². The average Bonchev–Trinajstić information content (AvgIpc) is 2.09. The molecular weight excluding hydrogens is 202 g/mol. The predicted molar refractivity (Wildman–Crippen MR) is 54.8 cm³/mol. The number of nitrogens with two attached hydrogens (primary N) is 1. The van der Waals surface area contributed by atoms with Gasteiger partial charge in [-0.05, 0) is 12.1 Å². The lowest BCUT2D eigenvalue weighted by Gasteiger charge is -2.06. The molecule has 0 bridgehead atoms. The molecule has 0 saturated carbocycles. The van der Waals surface area contributed by atoms with E-state index in [1.54, 1.807) is 0 Å². The SMILES string of the molecule is C=CCS(=O)(=O)c1cccc(O)c1N. The van der Waals surface area contributed by atoms with Crippen LogP contribution in [0.3, 0.4) is 0 Å². The summed E-state index contributed by atoms with van der Waals surface area (Å²) < 4.78 is 23.1. The Morgan fingerprint density at radius 3 is 2.71 bits per heavy atom. The predicted octanol–water partition coefficient (Wildman–Crippen LogP) is 0.934. The van der Waals surface area contributed by atoms with Gasteiger partial charge in [-0.3, -0.25) is 0 Å². The molecule has 0 aliphatic heterocycles. The van der Waals surface area contributed by atoms with Gasteiger partial charge < -0.3 is 10.8 Å². The molecule has 14 heavy (non-hydrogen) atoms. The topological polar surface area (TPSA) is 80.4 Å². The van der Waals surface area contributed by atoms with Crippen molar-refractivity contribution < 1.29 is 13.5 Å². The third-order valence-electron chi connectivity index (χ3n) is 1.72. The average molecular weight is 213 g/mol. The summed E-state index contributed by atoms with van der Waals surface area (Å²) in [5, 5.41) is 9.22. The zero-order valence-corrected chi connectivity index (χ0v) is 8.29. The van der Waals surface area contributed by atoms with Crippen LogP contribution >= 0.6 is 0 Å². The van der Waals surface area contributed by atoms with Gasteiger partial charge in [0.25, 0.3) is 0 Å². The number of benzene rings is 1. The number of hydrogen-bond donors (Lipinski definition) is 2. The van der Waals surface area contributed by atoms with Gasteiger partial charge in [-0.25, -0.2) is 8.42 Å². The molecule has 0 amide bonds. The summed E-state index contributed by atoms with van der Waals surface area (Å²) in [7, 11) is -3.47. The molecular formula is C9H11NO3S. The summed E-state index contributed by atoms with van der Waals surface area (Å²) in [5.41, 5.74) is 5.32. The molecule has 0 fully saturated rings. The molecule has 1 aromatic carbocycles. The van der Waals surface area contributed by atoms with Crippen LogP contribution in [-0.4, -0.2) is 19.3 Å². The number of hydrogen-bond acceptors (Lipinski definition) is 4. The van der Waals surface area contributed by atoms with E-state index in [1.165, 1.54) is 24.3 Å². The highest BCUT2D eigenvalue weighted by Crippen LogP contribution is 2.27. The molecule has 1 aromatic rings. The number of nitrogen functional groups attached to an aromatic ring is 1. The number of rotatable bonds is 3. The van der Waals surface area contributed by atoms with Gasteiger partial charge in [0.1, 0.15) is 5.75 Å². The molecule has 4 nitrogen and oxygen atoms in total. The minimum absolute atomic E-state index is 0.0580. The number of sulfone groups is 1. The lowest BCUT2D eigenvalue weighted by Crippen LogP contribution is -2.07. The summed E-state index contributed by atoms with van der Waals surface area (Å²) in [6, 6.07) is 4.12. The minimum Gasteiger partial charge on any atom is -0.506 e. The second-order valence-corrected chi connectivity index (χ2v) is 4.76. The molecule has 3 N–H and O–H groups in total. The molecule has 0 aliphatic rings. The Bertz CT molecular complexity index is 451. The van der Waals surface area contributed by atoms with Crippen LogP contribution in [0.4, 0.5) is 5.69 Å². The number of anilines is 1. The monoisotopic (exact) mass is 213 g/mol. The number of para-hydroxylation sites is 1. The smallest absolute Gasteiger partial charge is 0.184 e. The fourth-order valence-corrected chi connectivity index (χ4v) is 2.26. The lowest BCUT2D eigenvalue weighted by atomic mass is 10.3. The molecule has 0 aliphatic carbocycles. The first kappa shape index (κ1) is 10.6. The first-order chi connectivity index (χ1) is 6.49. The van der Waals surface area contributed by atoms with Crippen LogP contribution in [0, 0.1) is 0 Å². The zero-order valence-electron chi connectivity index (χ0n) is 7.47. The quantitative estimate of drug-likeness (QED) is 0.444. The molecule has 0 unspecified atom stereocenters. The van der Waals surface area contributed by atoms with E-state index in [0.717, 1.165) is 0 Å². The van der Waals surface area contributed by atoms with Crippen LogP contribution in [0.15, 0.2) is 35.7 Å². The Morgan fingerprint density at radius 2 is 2.14 bits per heavy atom. The van der Waals surface area contributed by atoms with E-state index in [0.29, 0.717) is 0 Å². The van der Waals surface area contributed by atoms with E-state index < -0.39 is 9.84 Å². The maximum absolute atomic E-state index is 11.5. The van der Waals surface area contributed by atoms with Gasteiger partial charge in [-0.15, -0.1) is 6.58 Å². The molecule has 0 saturated heterocycles. The van der Waals surface area contributed by atoms with Crippen molar-refractivity contribution >= 4 is 15.5 Å². The third-order valence-corrected chi connectivity index (χ3v) is 3.42. The van der Waals surface area contributed by atoms with Crippen molar-refractivity contribution in [3.8, 4) is 5.75 Å². The molecule has 5 heteroatoms. The van der Waals surface area contributed by atoms with Gasteiger partial charge in [0, 0.05) is 0 Å². The van der Waals surface area contributed by atoms with Crippen molar-refractivity contribution in [3.63, 3.8) is 0 Å². The number of phenolic OH excluding ortho intramolecular Hbond substituents is 1. The summed E-state index contributed by atoms with van der Waals surface area (Å²) >= 11 is 0. The Hall–Kier alpha value is -1.49. The third kappa shape index (κ3) is 1.88. The highest BCUT2D eigenvalue weighted by molar-refractivity contribution is 7.91. The Kier molecular flexibility index (Phi) is 2.81. The minimum atomic E-state index is -3.47. The fourth-order valence-electron chi connectivity index (χ4n) is 1.05. The van der Waals surface area contributed by atoms with Crippen LogP contribution in [0.25, 0.3) is 0 Å². The van der Waals surface area contributed by atoms with Crippen molar-refractivity contribution in [2.75, 3.05) is 11.5 Å².